The van der Waals surface area contributed by atoms with Crippen LogP contribution in [0.4, 0.5) is 5.69 Å². The van der Waals surface area contributed by atoms with E-state index in [2.05, 4.69) is 35.4 Å². The summed E-state index contributed by atoms with van der Waals surface area (Å²) >= 11 is 6.39. The van der Waals surface area contributed by atoms with E-state index in [-0.39, 0.29) is 5.91 Å². The Hall–Kier alpha value is -3.83. The Bertz CT molecular complexity index is 1500. The number of benzene rings is 3. The van der Waals surface area contributed by atoms with Gasteiger partial charge in [-0.1, -0.05) is 71.4 Å². The molecule has 5 aromatic rings. The zero-order valence-electron chi connectivity index (χ0n) is 18.5. The lowest BCUT2D eigenvalue weighted by atomic mass is 10.0. The van der Waals surface area contributed by atoms with Crippen molar-refractivity contribution in [3.63, 3.8) is 0 Å². The first kappa shape index (κ1) is 21.0. The maximum Gasteiger partial charge on any atom is 0.261 e. The van der Waals surface area contributed by atoms with Crippen LogP contribution in [-0.4, -0.2) is 16.0 Å². The molecule has 2 heterocycles. The molecule has 0 radical (unpaired) electrons. The molecule has 1 amide bonds. The topological polar surface area (TPSA) is 70.9 Å². The van der Waals surface area contributed by atoms with Crippen molar-refractivity contribution >= 4 is 34.1 Å². The van der Waals surface area contributed by atoms with Gasteiger partial charge < -0.3 is 14.8 Å². The minimum absolute atomic E-state index is 0.303. The third-order valence-corrected chi connectivity index (χ3v) is 6.34. The van der Waals surface area contributed by atoms with Crippen molar-refractivity contribution in [3.05, 3.63) is 94.2 Å². The molecule has 0 spiro atoms. The van der Waals surface area contributed by atoms with E-state index in [4.69, 9.17) is 16.1 Å². The Labute approximate surface area is 196 Å². The van der Waals surface area contributed by atoms with Gasteiger partial charge in [0.15, 0.2) is 0 Å². The second kappa shape index (κ2) is 8.26. The average molecular weight is 456 g/mol. The number of hydrogen-bond donors (Lipinski definition) is 2. The van der Waals surface area contributed by atoms with Crippen LogP contribution in [-0.2, 0) is 0 Å². The number of carbonyl (C=O) groups excluding carboxylic acids is 1. The van der Waals surface area contributed by atoms with Crippen LogP contribution in [0.15, 0.2) is 71.3 Å². The molecule has 6 heteroatoms. The normalized spacial score (nSPS) is 11.2. The molecule has 0 saturated carbocycles. The molecule has 0 unspecified atom stereocenters. The zero-order valence-corrected chi connectivity index (χ0v) is 19.2. The van der Waals surface area contributed by atoms with Crippen molar-refractivity contribution in [2.75, 3.05) is 5.32 Å². The van der Waals surface area contributed by atoms with Crippen LogP contribution in [0, 0.1) is 20.8 Å². The summed E-state index contributed by atoms with van der Waals surface area (Å²) in [6, 6.07) is 21.4. The minimum atomic E-state index is -0.303. The first-order chi connectivity index (χ1) is 16.0. The number of H-pyrrole nitrogens is 1. The van der Waals surface area contributed by atoms with Crippen molar-refractivity contribution in [3.8, 4) is 22.5 Å². The Kier molecular flexibility index (Phi) is 5.27. The lowest BCUT2D eigenvalue weighted by Crippen LogP contribution is -2.14. The minimum Gasteiger partial charge on any atom is -0.360 e. The van der Waals surface area contributed by atoms with Crippen molar-refractivity contribution in [1.82, 2.24) is 10.1 Å². The lowest BCUT2D eigenvalue weighted by Gasteiger charge is -2.10. The molecule has 0 aliphatic heterocycles. The number of fused-ring (bicyclic) bond motifs is 1. The van der Waals surface area contributed by atoms with Crippen LogP contribution in [0.5, 0.6) is 0 Å². The van der Waals surface area contributed by atoms with Crippen molar-refractivity contribution < 1.29 is 9.32 Å². The summed E-state index contributed by atoms with van der Waals surface area (Å²) in [7, 11) is 0. The average Bonchev–Trinajstić information content (AvgIpc) is 3.38. The smallest absolute Gasteiger partial charge is 0.261 e. The van der Waals surface area contributed by atoms with E-state index in [9.17, 15) is 4.79 Å². The highest BCUT2D eigenvalue weighted by atomic mass is 35.5. The largest absolute Gasteiger partial charge is 0.360 e. The number of carbonyl (C=O) groups is 1. The Morgan fingerprint density at radius 1 is 0.970 bits per heavy atom. The van der Waals surface area contributed by atoms with E-state index >= 15 is 0 Å². The third kappa shape index (κ3) is 3.60. The maximum atomic E-state index is 13.7. The molecule has 5 rings (SSSR count). The molecule has 0 bridgehead atoms. The van der Waals surface area contributed by atoms with Gasteiger partial charge in [0.05, 0.1) is 16.4 Å². The van der Waals surface area contributed by atoms with Gasteiger partial charge in [0.1, 0.15) is 17.0 Å². The molecule has 3 aromatic carbocycles. The van der Waals surface area contributed by atoms with Gasteiger partial charge in [0, 0.05) is 22.0 Å². The number of aryl methyl sites for hydroxylation is 3. The predicted octanol–water partition coefficient (Wildman–Crippen LogP) is 7.32. The van der Waals surface area contributed by atoms with Gasteiger partial charge in [-0.25, -0.2) is 0 Å². The number of aromatic nitrogens is 2. The molecule has 0 fully saturated rings. The van der Waals surface area contributed by atoms with E-state index < -0.39 is 0 Å². The maximum absolute atomic E-state index is 13.7. The van der Waals surface area contributed by atoms with Crippen molar-refractivity contribution in [2.45, 2.75) is 20.8 Å². The summed E-state index contributed by atoms with van der Waals surface area (Å²) in [4.78, 5) is 17.1. The summed E-state index contributed by atoms with van der Waals surface area (Å²) in [6.07, 6.45) is 0. The first-order valence-electron chi connectivity index (χ1n) is 10.7. The summed E-state index contributed by atoms with van der Waals surface area (Å²) in [5.74, 6) is 0.124. The van der Waals surface area contributed by atoms with Gasteiger partial charge in [0.25, 0.3) is 5.91 Å². The number of amides is 1. The quantitative estimate of drug-likeness (QED) is 0.298. The standard InChI is InChI=1S/C27H22ClN3O2/c1-15-13-14-21-22(16(15)2)26(24(29-21)18-9-5-4-6-10-18)30-27(32)23-17(3)33-31-25(23)19-11-7-8-12-20(19)28/h4-14,29H,1-3H3,(H,30,32). The van der Waals surface area contributed by atoms with Crippen molar-refractivity contribution in [1.29, 1.82) is 0 Å². The molecule has 0 saturated heterocycles. The van der Waals surface area contributed by atoms with Gasteiger partial charge in [-0.2, -0.15) is 0 Å². The second-order valence-corrected chi connectivity index (χ2v) is 8.47. The number of nitrogens with zero attached hydrogens (tertiary/aromatic N) is 1. The fraction of sp³-hybridized carbons (Fsp3) is 0.111. The zero-order chi connectivity index (χ0) is 23.1. The molecule has 0 atom stereocenters. The molecule has 33 heavy (non-hydrogen) atoms. The van der Waals surface area contributed by atoms with Crippen molar-refractivity contribution in [2.24, 2.45) is 0 Å². The van der Waals surface area contributed by atoms with E-state index in [1.54, 1.807) is 13.0 Å². The molecular weight excluding hydrogens is 434 g/mol. The highest BCUT2D eigenvalue weighted by Crippen LogP contribution is 2.39. The number of aromatic amines is 1. The second-order valence-electron chi connectivity index (χ2n) is 8.07. The van der Waals surface area contributed by atoms with Gasteiger partial charge in [0.2, 0.25) is 0 Å². The molecule has 0 aliphatic rings. The van der Waals surface area contributed by atoms with E-state index in [0.29, 0.717) is 27.6 Å². The summed E-state index contributed by atoms with van der Waals surface area (Å²) < 4.78 is 5.41. The SMILES string of the molecule is Cc1ccc2[nH]c(-c3ccccc3)c(NC(=O)c3c(-c4ccccc4Cl)noc3C)c2c1C. The van der Waals surface area contributed by atoms with Crippen LogP contribution in [0.25, 0.3) is 33.4 Å². The van der Waals surface area contributed by atoms with Gasteiger partial charge in [-0.15, -0.1) is 0 Å². The van der Waals surface area contributed by atoms with Gasteiger partial charge >= 0.3 is 0 Å². The number of anilines is 1. The highest BCUT2D eigenvalue weighted by Gasteiger charge is 2.25. The Balaban J connectivity index is 1.67. The van der Waals surface area contributed by atoms with Crippen LogP contribution in [0.1, 0.15) is 27.2 Å². The summed E-state index contributed by atoms with van der Waals surface area (Å²) in [6.45, 7) is 5.86. The molecule has 2 N–H and O–H groups in total. The molecule has 2 aromatic heterocycles. The molecule has 5 nitrogen and oxygen atoms in total. The van der Waals surface area contributed by atoms with Crippen LogP contribution >= 0.6 is 11.6 Å². The fourth-order valence-corrected chi connectivity index (χ4v) is 4.39. The summed E-state index contributed by atoms with van der Waals surface area (Å²) in [5, 5.41) is 8.79. The fourth-order valence-electron chi connectivity index (χ4n) is 4.16. The molecular formula is C27H22ClN3O2. The van der Waals surface area contributed by atoms with E-state index in [0.717, 1.165) is 39.0 Å². The first-order valence-corrected chi connectivity index (χ1v) is 11.0. The molecule has 164 valence electrons. The predicted molar refractivity (Wildman–Crippen MR) is 133 cm³/mol. The summed E-state index contributed by atoms with van der Waals surface area (Å²) in [5.41, 5.74) is 7.20. The molecule has 0 aliphatic carbocycles. The number of nitrogens with one attached hydrogen (secondary N) is 2. The third-order valence-electron chi connectivity index (χ3n) is 6.02. The highest BCUT2D eigenvalue weighted by molar-refractivity contribution is 6.33. The van der Waals surface area contributed by atoms with Gasteiger partial charge in [-0.05, 0) is 44.0 Å². The Morgan fingerprint density at radius 3 is 2.45 bits per heavy atom. The lowest BCUT2D eigenvalue weighted by molar-refractivity contribution is 0.102. The number of halogens is 1. The Morgan fingerprint density at radius 2 is 1.70 bits per heavy atom. The van der Waals surface area contributed by atoms with Crippen LogP contribution < -0.4 is 5.32 Å². The van der Waals surface area contributed by atoms with E-state index in [1.165, 1.54) is 0 Å². The number of hydrogen-bond acceptors (Lipinski definition) is 3. The van der Waals surface area contributed by atoms with Gasteiger partial charge in [-0.3, -0.25) is 4.79 Å². The monoisotopic (exact) mass is 455 g/mol. The number of rotatable bonds is 4. The van der Waals surface area contributed by atoms with E-state index in [1.807, 2.05) is 54.6 Å². The van der Waals surface area contributed by atoms with Crippen LogP contribution in [0.3, 0.4) is 0 Å². The van der Waals surface area contributed by atoms with Crippen LogP contribution in [0.2, 0.25) is 5.02 Å².